The van der Waals surface area contributed by atoms with Gasteiger partial charge in [0, 0.05) is 32.3 Å². The molecule has 0 bridgehead atoms. The number of rotatable bonds is 5. The van der Waals surface area contributed by atoms with Crippen LogP contribution in [0.4, 0.5) is 0 Å². The van der Waals surface area contributed by atoms with Crippen molar-refractivity contribution in [2.24, 2.45) is 5.92 Å². The average molecular weight is 251 g/mol. The minimum atomic E-state index is -0.680. The number of carbonyl (C=O) groups is 1. The molecule has 0 aromatic carbocycles. The molecule has 18 heavy (non-hydrogen) atoms. The minimum absolute atomic E-state index is 0.295. The van der Waals surface area contributed by atoms with Crippen molar-refractivity contribution in [3.63, 3.8) is 0 Å². The number of likely N-dealkylation sites (tertiary alicyclic amines) is 1. The summed E-state index contributed by atoms with van der Waals surface area (Å²) in [6, 6.07) is 2.05. The van der Waals surface area contributed by atoms with E-state index in [0.717, 1.165) is 39.0 Å². The summed E-state index contributed by atoms with van der Waals surface area (Å²) < 4.78 is 2.00. The van der Waals surface area contributed by atoms with Gasteiger partial charge in [0.05, 0.1) is 5.69 Å². The fourth-order valence-electron chi connectivity index (χ4n) is 2.72. The molecule has 0 amide bonds. The molecule has 1 unspecified atom stereocenters. The number of hydrogen-bond donors (Lipinski definition) is 1. The highest BCUT2D eigenvalue weighted by Crippen LogP contribution is 2.21. The van der Waals surface area contributed by atoms with Crippen molar-refractivity contribution in [2.75, 3.05) is 13.1 Å². The van der Waals surface area contributed by atoms with Gasteiger partial charge in [-0.3, -0.25) is 14.4 Å². The zero-order valence-electron chi connectivity index (χ0n) is 10.9. The van der Waals surface area contributed by atoms with Gasteiger partial charge in [-0.1, -0.05) is 0 Å². The van der Waals surface area contributed by atoms with Crippen LogP contribution >= 0.6 is 0 Å². The molecule has 1 aromatic rings. The maximum absolute atomic E-state index is 10.8. The molecule has 0 radical (unpaired) electrons. The van der Waals surface area contributed by atoms with Crippen LogP contribution in [0.1, 0.15) is 31.9 Å². The molecule has 0 saturated carbocycles. The molecule has 1 N–H and O–H groups in total. The molecule has 1 fully saturated rings. The van der Waals surface area contributed by atoms with Crippen molar-refractivity contribution >= 4 is 5.97 Å². The zero-order chi connectivity index (χ0) is 13.0. The van der Waals surface area contributed by atoms with Crippen LogP contribution in [0, 0.1) is 5.92 Å². The normalized spacial score (nSPS) is 21.1. The standard InChI is InChI=1S/C13H21N3O2/c1-2-16-12(5-6-14-16)10-15-7-3-4-11(9-15)8-13(17)18/h5-6,11H,2-4,7-10H2,1H3,(H,17,18). The topological polar surface area (TPSA) is 58.4 Å². The summed E-state index contributed by atoms with van der Waals surface area (Å²) in [7, 11) is 0. The first kappa shape index (κ1) is 13.1. The summed E-state index contributed by atoms with van der Waals surface area (Å²) in [5.41, 5.74) is 1.22. The fourth-order valence-corrected chi connectivity index (χ4v) is 2.72. The summed E-state index contributed by atoms with van der Waals surface area (Å²) >= 11 is 0. The largest absolute Gasteiger partial charge is 0.481 e. The van der Waals surface area contributed by atoms with Crippen molar-refractivity contribution < 1.29 is 9.90 Å². The van der Waals surface area contributed by atoms with E-state index in [2.05, 4.69) is 16.9 Å². The van der Waals surface area contributed by atoms with Gasteiger partial charge in [0.2, 0.25) is 0 Å². The van der Waals surface area contributed by atoms with Crippen LogP contribution in [-0.4, -0.2) is 38.8 Å². The maximum atomic E-state index is 10.8. The Bertz CT molecular complexity index is 403. The third-order valence-corrected chi connectivity index (χ3v) is 3.56. The van der Waals surface area contributed by atoms with Crippen LogP contribution in [0.3, 0.4) is 0 Å². The molecule has 0 aliphatic carbocycles. The van der Waals surface area contributed by atoms with Crippen molar-refractivity contribution in [3.8, 4) is 0 Å². The highest BCUT2D eigenvalue weighted by molar-refractivity contribution is 5.67. The molecule has 1 atom stereocenters. The molecule has 5 heteroatoms. The SMILES string of the molecule is CCn1nccc1CN1CCCC(CC(=O)O)C1. The minimum Gasteiger partial charge on any atom is -0.481 e. The molecule has 1 aliphatic heterocycles. The number of hydrogen-bond acceptors (Lipinski definition) is 3. The lowest BCUT2D eigenvalue weighted by molar-refractivity contribution is -0.138. The second-order valence-electron chi connectivity index (χ2n) is 4.98. The zero-order valence-corrected chi connectivity index (χ0v) is 10.9. The molecule has 1 aromatic heterocycles. The van der Waals surface area contributed by atoms with Crippen molar-refractivity contribution in [3.05, 3.63) is 18.0 Å². The Hall–Kier alpha value is -1.36. The Morgan fingerprint density at radius 3 is 3.17 bits per heavy atom. The third-order valence-electron chi connectivity index (χ3n) is 3.56. The smallest absolute Gasteiger partial charge is 0.303 e. The predicted molar refractivity (Wildman–Crippen MR) is 68.2 cm³/mol. The second-order valence-corrected chi connectivity index (χ2v) is 4.98. The van der Waals surface area contributed by atoms with Gasteiger partial charge >= 0.3 is 5.97 Å². The quantitative estimate of drug-likeness (QED) is 0.863. The Labute approximate surface area is 107 Å². The van der Waals surface area contributed by atoms with E-state index in [1.165, 1.54) is 5.69 Å². The van der Waals surface area contributed by atoms with E-state index in [1.807, 2.05) is 16.9 Å². The van der Waals surface area contributed by atoms with E-state index in [4.69, 9.17) is 5.11 Å². The molecular formula is C13H21N3O2. The molecule has 100 valence electrons. The first-order valence-electron chi connectivity index (χ1n) is 6.64. The van der Waals surface area contributed by atoms with E-state index in [0.29, 0.717) is 12.3 Å². The molecule has 5 nitrogen and oxygen atoms in total. The van der Waals surface area contributed by atoms with Crippen LogP contribution in [-0.2, 0) is 17.9 Å². The lowest BCUT2D eigenvalue weighted by Gasteiger charge is -2.32. The van der Waals surface area contributed by atoms with Gasteiger partial charge in [-0.25, -0.2) is 0 Å². The van der Waals surface area contributed by atoms with E-state index in [-0.39, 0.29) is 0 Å². The van der Waals surface area contributed by atoms with Gasteiger partial charge in [0.25, 0.3) is 0 Å². The fraction of sp³-hybridized carbons (Fsp3) is 0.692. The number of nitrogens with zero attached hydrogens (tertiary/aromatic N) is 3. The van der Waals surface area contributed by atoms with E-state index in [1.54, 1.807) is 0 Å². The average Bonchev–Trinajstić information content (AvgIpc) is 2.76. The van der Waals surface area contributed by atoms with Gasteiger partial charge < -0.3 is 5.11 Å². The second kappa shape index (κ2) is 6.00. The lowest BCUT2D eigenvalue weighted by atomic mass is 9.95. The van der Waals surface area contributed by atoms with Crippen LogP contribution in [0.2, 0.25) is 0 Å². The number of aryl methyl sites for hydroxylation is 1. The van der Waals surface area contributed by atoms with Gasteiger partial charge in [-0.2, -0.15) is 5.10 Å². The van der Waals surface area contributed by atoms with Gasteiger partial charge in [0.1, 0.15) is 0 Å². The predicted octanol–water partition coefficient (Wildman–Crippen LogP) is 1.59. The number of piperidine rings is 1. The number of aliphatic carboxylic acids is 1. The summed E-state index contributed by atoms with van der Waals surface area (Å²) in [6.07, 6.45) is 4.26. The molecule has 0 spiro atoms. The van der Waals surface area contributed by atoms with Gasteiger partial charge in [-0.15, -0.1) is 0 Å². The Kier molecular flexibility index (Phi) is 4.36. The summed E-state index contributed by atoms with van der Waals surface area (Å²) in [5, 5.41) is 13.1. The number of carboxylic acids is 1. The molecule has 1 saturated heterocycles. The van der Waals surface area contributed by atoms with Crippen LogP contribution in [0.15, 0.2) is 12.3 Å². The molecule has 2 heterocycles. The van der Waals surface area contributed by atoms with Crippen LogP contribution < -0.4 is 0 Å². The number of carboxylic acid groups (broad SMARTS) is 1. The van der Waals surface area contributed by atoms with Gasteiger partial charge in [-0.05, 0) is 38.3 Å². The van der Waals surface area contributed by atoms with Crippen molar-refractivity contribution in [1.29, 1.82) is 0 Å². The van der Waals surface area contributed by atoms with Crippen LogP contribution in [0.25, 0.3) is 0 Å². The Morgan fingerprint density at radius 2 is 2.44 bits per heavy atom. The van der Waals surface area contributed by atoms with Crippen molar-refractivity contribution in [1.82, 2.24) is 14.7 Å². The third kappa shape index (κ3) is 3.32. The van der Waals surface area contributed by atoms with Crippen LogP contribution in [0.5, 0.6) is 0 Å². The Morgan fingerprint density at radius 1 is 1.61 bits per heavy atom. The monoisotopic (exact) mass is 251 g/mol. The van der Waals surface area contributed by atoms with Crippen molar-refractivity contribution in [2.45, 2.75) is 39.3 Å². The Balaban J connectivity index is 1.91. The van der Waals surface area contributed by atoms with E-state index in [9.17, 15) is 4.79 Å². The maximum Gasteiger partial charge on any atom is 0.303 e. The van der Waals surface area contributed by atoms with E-state index >= 15 is 0 Å². The molecule has 1 aliphatic rings. The highest BCUT2D eigenvalue weighted by atomic mass is 16.4. The highest BCUT2D eigenvalue weighted by Gasteiger charge is 2.22. The van der Waals surface area contributed by atoms with Gasteiger partial charge in [0.15, 0.2) is 0 Å². The first-order chi connectivity index (χ1) is 8.69. The first-order valence-corrected chi connectivity index (χ1v) is 6.64. The molecule has 2 rings (SSSR count). The van der Waals surface area contributed by atoms with E-state index < -0.39 is 5.97 Å². The summed E-state index contributed by atoms with van der Waals surface area (Å²) in [5.74, 6) is -0.380. The number of aromatic nitrogens is 2. The molecular weight excluding hydrogens is 230 g/mol. The summed E-state index contributed by atoms with van der Waals surface area (Å²) in [4.78, 5) is 13.1. The lowest BCUT2D eigenvalue weighted by Crippen LogP contribution is -2.36. The summed E-state index contributed by atoms with van der Waals surface area (Å²) in [6.45, 7) is 5.80.